The Morgan fingerprint density at radius 3 is 3.00 bits per heavy atom. The maximum absolute atomic E-state index is 12.1. The Kier molecular flexibility index (Phi) is 3.98. The van der Waals surface area contributed by atoms with Crippen LogP contribution in [0.25, 0.3) is 0 Å². The lowest BCUT2D eigenvalue weighted by Gasteiger charge is -2.14. The summed E-state index contributed by atoms with van der Waals surface area (Å²) in [5.74, 6) is 0. The molecule has 0 saturated carbocycles. The fourth-order valence-corrected chi connectivity index (χ4v) is 3.07. The quantitative estimate of drug-likeness (QED) is 0.660. The minimum Gasteiger partial charge on any atom is -0.392 e. The van der Waals surface area contributed by atoms with E-state index < -0.39 is 10.0 Å². The molecule has 1 unspecified atom stereocenters. The smallest absolute Gasteiger partial charge is 0.258 e. The van der Waals surface area contributed by atoms with Gasteiger partial charge >= 0.3 is 0 Å². The second kappa shape index (κ2) is 5.51. The van der Waals surface area contributed by atoms with Crippen molar-refractivity contribution < 1.29 is 13.5 Å². The minimum absolute atomic E-state index is 0.104. The number of nitrogens with one attached hydrogen (secondary N) is 2. The van der Waals surface area contributed by atoms with Gasteiger partial charge < -0.3 is 9.67 Å². The summed E-state index contributed by atoms with van der Waals surface area (Å²) < 4.78 is 28.5. The van der Waals surface area contributed by atoms with Gasteiger partial charge in [0, 0.05) is 30.5 Å². The van der Waals surface area contributed by atoms with Gasteiger partial charge in [-0.05, 0) is 6.92 Å². The Morgan fingerprint density at radius 2 is 2.37 bits per heavy atom. The van der Waals surface area contributed by atoms with Crippen LogP contribution in [0.3, 0.4) is 0 Å². The summed E-state index contributed by atoms with van der Waals surface area (Å²) in [4.78, 5) is 3.89. The van der Waals surface area contributed by atoms with Crippen LogP contribution in [0, 0.1) is 0 Å². The van der Waals surface area contributed by atoms with Crippen molar-refractivity contribution in [3.8, 4) is 0 Å². The molecule has 0 aliphatic carbocycles. The molecule has 2 aromatic rings. The molecule has 2 rings (SSSR count). The van der Waals surface area contributed by atoms with Gasteiger partial charge in [0.05, 0.1) is 19.1 Å². The lowest BCUT2D eigenvalue weighted by molar-refractivity contribution is 0.278. The summed E-state index contributed by atoms with van der Waals surface area (Å²) in [6.45, 7) is 1.82. The highest BCUT2D eigenvalue weighted by molar-refractivity contribution is 7.89. The molecule has 2 aromatic heterocycles. The first-order chi connectivity index (χ1) is 9.03. The number of hydrogen-bond acceptors (Lipinski definition) is 5. The van der Waals surface area contributed by atoms with Gasteiger partial charge in [0.15, 0.2) is 5.03 Å². The maximum atomic E-state index is 12.1. The van der Waals surface area contributed by atoms with Crippen molar-refractivity contribution in [1.29, 1.82) is 0 Å². The fraction of sp³-hybridized carbons (Fsp3) is 0.400. The molecule has 104 valence electrons. The van der Waals surface area contributed by atoms with Crippen LogP contribution < -0.4 is 4.72 Å². The molecule has 9 heteroatoms. The highest BCUT2D eigenvalue weighted by Crippen LogP contribution is 2.12. The van der Waals surface area contributed by atoms with E-state index in [1.165, 1.54) is 6.20 Å². The number of H-pyrrole nitrogens is 1. The van der Waals surface area contributed by atoms with E-state index in [1.807, 2.05) is 0 Å². The lowest BCUT2D eigenvalue weighted by atomic mass is 10.4. The number of nitrogens with zero attached hydrogens (tertiary/aromatic N) is 3. The van der Waals surface area contributed by atoms with E-state index in [0.717, 1.165) is 0 Å². The van der Waals surface area contributed by atoms with E-state index in [4.69, 9.17) is 5.11 Å². The molecule has 1 atom stereocenters. The molecule has 8 nitrogen and oxygen atoms in total. The van der Waals surface area contributed by atoms with Crippen LogP contribution in [0.15, 0.2) is 29.9 Å². The molecule has 3 N–H and O–H groups in total. The van der Waals surface area contributed by atoms with Gasteiger partial charge in [-0.1, -0.05) is 0 Å². The Balaban J connectivity index is 2.09. The third-order valence-corrected chi connectivity index (χ3v) is 4.12. The molecule has 0 aliphatic heterocycles. The van der Waals surface area contributed by atoms with Crippen molar-refractivity contribution in [3.63, 3.8) is 0 Å². The molecule has 0 radical (unpaired) electrons. The van der Waals surface area contributed by atoms with Crippen molar-refractivity contribution in [2.75, 3.05) is 0 Å². The molecule has 0 spiro atoms. The second-order valence-corrected chi connectivity index (χ2v) is 5.82. The standard InChI is InChI=1S/C10H15N5O3S/c1-8(5-15-3-2-11-7-15)14-19(17,18)10-9(6-16)4-12-13-10/h2-4,7-8,14,16H,5-6H2,1H3,(H,12,13). The van der Waals surface area contributed by atoms with E-state index >= 15 is 0 Å². The average Bonchev–Trinajstić information content (AvgIpc) is 2.97. The van der Waals surface area contributed by atoms with Gasteiger partial charge in [-0.15, -0.1) is 0 Å². The summed E-state index contributed by atoms with van der Waals surface area (Å²) in [5, 5.41) is 14.9. The number of hydrogen-bond donors (Lipinski definition) is 3. The van der Waals surface area contributed by atoms with Crippen LogP contribution in [-0.2, 0) is 23.2 Å². The summed E-state index contributed by atoms with van der Waals surface area (Å²) in [6.07, 6.45) is 6.27. The number of imidazole rings is 1. The SMILES string of the molecule is CC(Cn1ccnc1)NS(=O)(=O)c1[nH]ncc1CO. The normalized spacial score (nSPS) is 13.6. The highest BCUT2D eigenvalue weighted by atomic mass is 32.2. The van der Waals surface area contributed by atoms with Crippen LogP contribution >= 0.6 is 0 Å². The maximum Gasteiger partial charge on any atom is 0.258 e. The zero-order valence-electron chi connectivity index (χ0n) is 10.3. The van der Waals surface area contributed by atoms with Crippen LogP contribution in [0.5, 0.6) is 0 Å². The van der Waals surface area contributed by atoms with E-state index in [9.17, 15) is 8.42 Å². The van der Waals surface area contributed by atoms with E-state index in [2.05, 4.69) is 19.9 Å². The monoisotopic (exact) mass is 285 g/mol. The van der Waals surface area contributed by atoms with Crippen molar-refractivity contribution in [2.45, 2.75) is 31.1 Å². The number of rotatable bonds is 6. The third kappa shape index (κ3) is 3.19. The molecule has 0 fully saturated rings. The van der Waals surface area contributed by atoms with Gasteiger partial charge in [-0.3, -0.25) is 5.10 Å². The van der Waals surface area contributed by atoms with Gasteiger partial charge in [0.25, 0.3) is 10.0 Å². The van der Waals surface area contributed by atoms with Gasteiger partial charge in [0.1, 0.15) is 0 Å². The topological polar surface area (TPSA) is 113 Å². The van der Waals surface area contributed by atoms with E-state index in [1.54, 1.807) is 30.2 Å². The molecule has 2 heterocycles. The predicted molar refractivity (Wildman–Crippen MR) is 66.5 cm³/mol. The molecule has 0 aromatic carbocycles. The molecule has 0 saturated heterocycles. The molecule has 0 amide bonds. The number of sulfonamides is 1. The second-order valence-electron chi connectivity index (χ2n) is 4.16. The number of aromatic amines is 1. The first-order valence-electron chi connectivity index (χ1n) is 5.64. The first-order valence-corrected chi connectivity index (χ1v) is 7.12. The largest absolute Gasteiger partial charge is 0.392 e. The third-order valence-electron chi connectivity index (χ3n) is 2.52. The van der Waals surface area contributed by atoms with Crippen LogP contribution in [-0.4, -0.2) is 39.3 Å². The van der Waals surface area contributed by atoms with Crippen molar-refractivity contribution in [2.24, 2.45) is 0 Å². The Labute approximate surface area is 110 Å². The molecule has 0 aliphatic rings. The summed E-state index contributed by atoms with van der Waals surface area (Å²) in [7, 11) is -3.72. The fourth-order valence-electron chi connectivity index (χ4n) is 1.72. The Bertz CT molecular complexity index is 619. The lowest BCUT2D eigenvalue weighted by Crippen LogP contribution is -2.36. The van der Waals surface area contributed by atoms with Gasteiger partial charge in [0.2, 0.25) is 0 Å². The summed E-state index contributed by atoms with van der Waals surface area (Å²) in [5.41, 5.74) is 0.238. The summed E-state index contributed by atoms with van der Waals surface area (Å²) >= 11 is 0. The molecule has 0 bridgehead atoms. The minimum atomic E-state index is -3.72. The Morgan fingerprint density at radius 1 is 1.58 bits per heavy atom. The van der Waals surface area contributed by atoms with E-state index in [-0.39, 0.29) is 23.2 Å². The summed E-state index contributed by atoms with van der Waals surface area (Å²) in [6, 6.07) is -0.325. The first kappa shape index (κ1) is 13.7. The van der Waals surface area contributed by atoms with Crippen molar-refractivity contribution >= 4 is 10.0 Å². The van der Waals surface area contributed by atoms with Gasteiger partial charge in [-0.25, -0.2) is 18.1 Å². The van der Waals surface area contributed by atoms with Gasteiger partial charge in [-0.2, -0.15) is 5.10 Å². The molecular formula is C10H15N5O3S. The highest BCUT2D eigenvalue weighted by Gasteiger charge is 2.22. The zero-order chi connectivity index (χ0) is 13.9. The average molecular weight is 285 g/mol. The Hall–Kier alpha value is -1.71. The molecule has 19 heavy (non-hydrogen) atoms. The van der Waals surface area contributed by atoms with Crippen LogP contribution in [0.1, 0.15) is 12.5 Å². The molecular weight excluding hydrogens is 270 g/mol. The number of aromatic nitrogens is 4. The zero-order valence-corrected chi connectivity index (χ0v) is 11.1. The van der Waals surface area contributed by atoms with Crippen LogP contribution in [0.2, 0.25) is 0 Å². The van der Waals surface area contributed by atoms with E-state index in [0.29, 0.717) is 6.54 Å². The van der Waals surface area contributed by atoms with Crippen molar-refractivity contribution in [3.05, 3.63) is 30.5 Å². The van der Waals surface area contributed by atoms with Crippen LogP contribution in [0.4, 0.5) is 0 Å². The number of aliphatic hydroxyl groups is 1. The van der Waals surface area contributed by atoms with Crippen molar-refractivity contribution in [1.82, 2.24) is 24.5 Å². The number of aliphatic hydroxyl groups excluding tert-OH is 1. The predicted octanol–water partition coefficient (Wildman–Crippen LogP) is -0.534.